The first-order valence-corrected chi connectivity index (χ1v) is 16.1. The second-order valence-corrected chi connectivity index (χ2v) is 11.4. The molecule has 252 valence electrons. The number of hydrogen-bond acceptors (Lipinski definition) is 12. The van der Waals surface area contributed by atoms with Crippen LogP contribution in [0.2, 0.25) is 0 Å². The van der Waals surface area contributed by atoms with Crippen LogP contribution in [0.5, 0.6) is 34.5 Å². The van der Waals surface area contributed by atoms with Gasteiger partial charge in [0, 0.05) is 33.7 Å². The molecule has 0 saturated carbocycles. The minimum atomic E-state index is -0.499. The molecule has 0 bridgehead atoms. The Morgan fingerprint density at radius 3 is 1.44 bits per heavy atom. The lowest BCUT2D eigenvalue weighted by Crippen LogP contribution is -2.12. The van der Waals surface area contributed by atoms with Gasteiger partial charge in [-0.2, -0.15) is 0 Å². The smallest absolute Gasteiger partial charge is 0.340 e. The maximum Gasteiger partial charge on any atom is 0.340 e. The third kappa shape index (κ3) is 5.74. The summed E-state index contributed by atoms with van der Waals surface area (Å²) in [7, 11) is 0. The molecule has 0 radical (unpaired) electrons. The molecule has 0 unspecified atom stereocenters. The van der Waals surface area contributed by atoms with Crippen LogP contribution in [0, 0.1) is 0 Å². The molecule has 0 saturated heterocycles. The Bertz CT molecular complexity index is 2160. The standard InChI is InChI=1S/C38H30N2O10/c1-3-43-37(41)25-11-21-13-33-35(49-19-47-33)15-27(21)39-29(25)17-45-31-9-5-8-24-23(31)7-6-10-32(24)46-18-30-26(38(42)44-4-2)12-22-14-34-36(50-20-48-34)16-28(22)40-30/h5-16H,3-4,17-20H2,1-2H3. The molecule has 0 N–H and O–H groups in total. The Balaban J connectivity index is 1.09. The maximum absolute atomic E-state index is 13.0. The Kier molecular flexibility index (Phi) is 8.03. The largest absolute Gasteiger partial charge is 0.487 e. The van der Waals surface area contributed by atoms with Crippen LogP contribution in [0.4, 0.5) is 0 Å². The van der Waals surface area contributed by atoms with Crippen LogP contribution in [0.3, 0.4) is 0 Å². The Labute approximate surface area is 285 Å². The minimum absolute atomic E-state index is 0.00884. The number of rotatable bonds is 10. The quantitative estimate of drug-likeness (QED) is 0.140. The van der Waals surface area contributed by atoms with E-state index < -0.39 is 11.9 Å². The van der Waals surface area contributed by atoms with Gasteiger partial charge in [-0.25, -0.2) is 19.6 Å². The first-order valence-electron chi connectivity index (χ1n) is 16.1. The number of fused-ring (bicyclic) bond motifs is 5. The summed E-state index contributed by atoms with van der Waals surface area (Å²) in [6, 6.07) is 21.8. The lowest BCUT2D eigenvalue weighted by atomic mass is 10.1. The van der Waals surface area contributed by atoms with Crippen molar-refractivity contribution >= 4 is 44.5 Å². The topological polar surface area (TPSA) is 134 Å². The van der Waals surface area contributed by atoms with E-state index in [4.69, 9.17) is 47.9 Å². The molecule has 12 nitrogen and oxygen atoms in total. The molecule has 50 heavy (non-hydrogen) atoms. The summed E-state index contributed by atoms with van der Waals surface area (Å²) in [6.45, 7) is 4.15. The number of benzene rings is 4. The third-order valence-corrected chi connectivity index (χ3v) is 8.34. The van der Waals surface area contributed by atoms with Crippen LogP contribution in [0.15, 0.2) is 72.8 Å². The lowest BCUT2D eigenvalue weighted by molar-refractivity contribution is 0.0513. The van der Waals surface area contributed by atoms with Gasteiger partial charge in [-0.1, -0.05) is 24.3 Å². The van der Waals surface area contributed by atoms with E-state index in [0.717, 1.165) is 10.8 Å². The number of aromatic nitrogens is 2. The average Bonchev–Trinajstić information content (AvgIpc) is 3.79. The van der Waals surface area contributed by atoms with Crippen molar-refractivity contribution in [3.05, 3.63) is 95.3 Å². The molecule has 2 aliphatic rings. The highest BCUT2D eigenvalue weighted by molar-refractivity contribution is 5.97. The molecule has 8 rings (SSSR count). The van der Waals surface area contributed by atoms with Crippen LogP contribution in [0.25, 0.3) is 32.6 Å². The molecule has 4 aromatic carbocycles. The van der Waals surface area contributed by atoms with E-state index in [0.29, 0.717) is 78.8 Å². The van der Waals surface area contributed by atoms with Gasteiger partial charge in [0.15, 0.2) is 23.0 Å². The van der Waals surface area contributed by atoms with Crippen LogP contribution in [0.1, 0.15) is 46.0 Å². The van der Waals surface area contributed by atoms with Gasteiger partial charge in [0.05, 0.1) is 46.8 Å². The highest BCUT2D eigenvalue weighted by Gasteiger charge is 2.22. The molecule has 0 atom stereocenters. The molecular weight excluding hydrogens is 644 g/mol. The van der Waals surface area contributed by atoms with E-state index in [1.165, 1.54) is 0 Å². The zero-order valence-corrected chi connectivity index (χ0v) is 27.1. The summed E-state index contributed by atoms with van der Waals surface area (Å²) in [5.41, 5.74) is 2.68. The second-order valence-electron chi connectivity index (χ2n) is 11.4. The highest BCUT2D eigenvalue weighted by atomic mass is 16.7. The second kappa shape index (κ2) is 13.0. The number of esters is 2. The summed E-state index contributed by atoms with van der Waals surface area (Å²) in [5.74, 6) is 2.47. The summed E-state index contributed by atoms with van der Waals surface area (Å²) >= 11 is 0. The van der Waals surface area contributed by atoms with Crippen molar-refractivity contribution in [1.29, 1.82) is 0 Å². The maximum atomic E-state index is 13.0. The molecule has 0 fully saturated rings. The number of carbonyl (C=O) groups is 2. The van der Waals surface area contributed by atoms with Crippen molar-refractivity contribution in [3.8, 4) is 34.5 Å². The van der Waals surface area contributed by atoms with Gasteiger partial charge in [0.25, 0.3) is 0 Å². The van der Waals surface area contributed by atoms with Crippen LogP contribution >= 0.6 is 0 Å². The van der Waals surface area contributed by atoms with Crippen LogP contribution in [-0.4, -0.2) is 48.7 Å². The molecule has 0 aliphatic carbocycles. The van der Waals surface area contributed by atoms with Crippen molar-refractivity contribution in [1.82, 2.24) is 9.97 Å². The van der Waals surface area contributed by atoms with Gasteiger partial charge in [-0.15, -0.1) is 0 Å². The van der Waals surface area contributed by atoms with E-state index in [1.807, 2.05) is 36.4 Å². The summed E-state index contributed by atoms with van der Waals surface area (Å²) in [4.78, 5) is 35.5. The normalized spacial score (nSPS) is 12.8. The van der Waals surface area contributed by atoms with E-state index in [-0.39, 0.29) is 40.0 Å². The van der Waals surface area contributed by atoms with Gasteiger partial charge in [0.2, 0.25) is 13.6 Å². The predicted octanol–water partition coefficient (Wildman–Crippen LogP) is 6.91. The molecule has 4 heterocycles. The molecule has 2 aromatic heterocycles. The number of nitrogens with zero attached hydrogens (tertiary/aromatic N) is 2. The monoisotopic (exact) mass is 674 g/mol. The Morgan fingerprint density at radius 2 is 1.02 bits per heavy atom. The summed E-state index contributed by atoms with van der Waals surface area (Å²) < 4.78 is 45.4. The minimum Gasteiger partial charge on any atom is -0.487 e. The molecule has 0 amide bonds. The van der Waals surface area contributed by atoms with E-state index in [1.54, 1.807) is 50.2 Å². The lowest BCUT2D eigenvalue weighted by Gasteiger charge is -2.15. The van der Waals surface area contributed by atoms with E-state index >= 15 is 0 Å². The number of ether oxygens (including phenoxy) is 8. The molecule has 6 aromatic rings. The predicted molar refractivity (Wildman–Crippen MR) is 180 cm³/mol. The van der Waals surface area contributed by atoms with E-state index in [2.05, 4.69) is 0 Å². The van der Waals surface area contributed by atoms with E-state index in [9.17, 15) is 9.59 Å². The highest BCUT2D eigenvalue weighted by Crippen LogP contribution is 2.38. The average molecular weight is 675 g/mol. The van der Waals surface area contributed by atoms with Crippen molar-refractivity contribution in [3.63, 3.8) is 0 Å². The SMILES string of the molecule is CCOC(=O)c1cc2cc3c(cc2nc1COc1cccc2c(OCc4nc5cc6c(cc5cc4C(=O)OCC)OCO6)cccc12)OCO3. The zero-order chi connectivity index (χ0) is 34.2. The van der Waals surface area contributed by atoms with Crippen LogP contribution in [-0.2, 0) is 22.7 Å². The summed E-state index contributed by atoms with van der Waals surface area (Å²) in [5, 5.41) is 2.98. The van der Waals surface area contributed by atoms with Gasteiger partial charge >= 0.3 is 11.9 Å². The fraction of sp³-hybridized carbons (Fsp3) is 0.211. The Hall–Kier alpha value is -6.30. The molecule has 12 heteroatoms. The van der Waals surface area contributed by atoms with Crippen molar-refractivity contribution < 1.29 is 47.5 Å². The molecule has 0 spiro atoms. The van der Waals surface area contributed by atoms with Crippen LogP contribution < -0.4 is 28.4 Å². The van der Waals surface area contributed by atoms with Gasteiger partial charge in [-0.05, 0) is 50.2 Å². The number of hydrogen-bond donors (Lipinski definition) is 0. The first-order chi connectivity index (χ1) is 24.5. The van der Waals surface area contributed by atoms with Gasteiger partial charge < -0.3 is 37.9 Å². The van der Waals surface area contributed by atoms with Gasteiger partial charge in [0.1, 0.15) is 24.7 Å². The fourth-order valence-corrected chi connectivity index (χ4v) is 6.00. The Morgan fingerprint density at radius 1 is 0.600 bits per heavy atom. The third-order valence-electron chi connectivity index (χ3n) is 8.34. The van der Waals surface area contributed by atoms with Crippen molar-refractivity contribution in [2.75, 3.05) is 26.8 Å². The molecule has 2 aliphatic heterocycles. The van der Waals surface area contributed by atoms with Gasteiger partial charge in [-0.3, -0.25) is 0 Å². The number of pyridine rings is 2. The fourth-order valence-electron chi connectivity index (χ4n) is 6.00. The van der Waals surface area contributed by atoms with Crippen molar-refractivity contribution in [2.45, 2.75) is 27.1 Å². The van der Waals surface area contributed by atoms with Crippen molar-refractivity contribution in [2.24, 2.45) is 0 Å². The summed E-state index contributed by atoms with van der Waals surface area (Å²) in [6.07, 6.45) is 0. The zero-order valence-electron chi connectivity index (χ0n) is 27.1. The first kappa shape index (κ1) is 31.0. The number of carbonyl (C=O) groups excluding carboxylic acids is 2. The molecular formula is C38H30N2O10.